The lowest BCUT2D eigenvalue weighted by molar-refractivity contribution is 0.00578. The molecule has 0 unspecified atom stereocenters. The summed E-state index contributed by atoms with van der Waals surface area (Å²) in [5.74, 6) is 0. The van der Waals surface area contributed by atoms with E-state index in [1.807, 2.05) is 104 Å². The van der Waals surface area contributed by atoms with Crippen LogP contribution in [0.4, 0.5) is 11.4 Å². The van der Waals surface area contributed by atoms with Crippen LogP contribution in [0.25, 0.3) is 0 Å². The summed E-state index contributed by atoms with van der Waals surface area (Å²) >= 11 is 3.27. The molecule has 0 spiro atoms. The number of nitrogens with two attached hydrogens (primary N) is 2. The van der Waals surface area contributed by atoms with Gasteiger partial charge in [-0.3, -0.25) is 0 Å². The van der Waals surface area contributed by atoms with E-state index in [0.717, 1.165) is 15.6 Å². The Morgan fingerprint density at radius 3 is 1.42 bits per heavy atom. The number of halogens is 1. The van der Waals surface area contributed by atoms with Crippen molar-refractivity contribution >= 4 is 47.6 Å². The molecular weight excluding hydrogens is 482 g/mol. The van der Waals surface area contributed by atoms with Crippen molar-refractivity contribution in [2.45, 2.75) is 77.8 Å². The third kappa shape index (κ3) is 6.76. The highest BCUT2D eigenvalue weighted by molar-refractivity contribution is 9.10. The van der Waals surface area contributed by atoms with E-state index < -0.39 is 0 Å². The van der Waals surface area contributed by atoms with Crippen molar-refractivity contribution < 1.29 is 18.6 Å². The van der Waals surface area contributed by atoms with E-state index in [-0.39, 0.29) is 29.5 Å². The number of hydrogen-bond donors (Lipinski definition) is 2. The highest BCUT2D eigenvalue weighted by Gasteiger charge is 2.52. The molecule has 2 fully saturated rings. The lowest BCUT2D eigenvalue weighted by Crippen LogP contribution is -2.41. The van der Waals surface area contributed by atoms with Gasteiger partial charge in [0.2, 0.25) is 0 Å². The zero-order chi connectivity index (χ0) is 25.1. The predicted octanol–water partition coefficient (Wildman–Crippen LogP) is 4.72. The van der Waals surface area contributed by atoms with Gasteiger partial charge in [-0.2, -0.15) is 0 Å². The summed E-state index contributed by atoms with van der Waals surface area (Å²) in [6.07, 6.45) is 0. The summed E-state index contributed by atoms with van der Waals surface area (Å²) in [7, 11) is 1.05. The first kappa shape index (κ1) is 27.7. The zero-order valence-corrected chi connectivity index (χ0v) is 22.5. The van der Waals surface area contributed by atoms with Gasteiger partial charge in [-0.25, -0.2) is 0 Å². The monoisotopic (exact) mass is 517 g/mol. The second-order valence-electron chi connectivity index (χ2n) is 10.1. The first-order valence-electron chi connectivity index (χ1n) is 11.0. The summed E-state index contributed by atoms with van der Waals surface area (Å²) < 4.78 is 23.2. The van der Waals surface area contributed by atoms with Crippen LogP contribution in [0.1, 0.15) is 55.4 Å². The van der Waals surface area contributed by atoms with Crippen molar-refractivity contribution in [3.8, 4) is 0 Å². The third-order valence-electron chi connectivity index (χ3n) is 6.54. The molecule has 9 heteroatoms. The second kappa shape index (κ2) is 10.4. The zero-order valence-electron chi connectivity index (χ0n) is 20.9. The fraction of sp³-hybridized carbons (Fsp3) is 0.500. The van der Waals surface area contributed by atoms with E-state index in [0.29, 0.717) is 5.69 Å². The summed E-state index contributed by atoms with van der Waals surface area (Å²) in [4.78, 5) is 0. The van der Waals surface area contributed by atoms with E-state index in [9.17, 15) is 0 Å². The molecule has 4 rings (SSSR count). The molecule has 2 aromatic carbocycles. The number of benzene rings is 2. The van der Waals surface area contributed by atoms with Gasteiger partial charge in [-0.05, 0) is 89.5 Å². The van der Waals surface area contributed by atoms with Crippen LogP contribution in [0, 0.1) is 0 Å². The molecule has 0 saturated carbocycles. The lowest BCUT2D eigenvalue weighted by atomic mass is 9.78. The highest BCUT2D eigenvalue weighted by Crippen LogP contribution is 2.36. The summed E-state index contributed by atoms with van der Waals surface area (Å²) in [5, 5.41) is 0. The first-order chi connectivity index (χ1) is 15.1. The van der Waals surface area contributed by atoms with E-state index in [1.54, 1.807) is 0 Å². The maximum Gasteiger partial charge on any atom is 0.496 e. The number of rotatable bonds is 1. The van der Waals surface area contributed by atoms with Gasteiger partial charge in [0.15, 0.2) is 0 Å². The standard InChI is InChI=1S/C12H18BNO2.C6H12BO2.C6H6BrN/c1-11(2)12(3,4)16-13(15-11)9-7-5-6-8-10(9)14;1-5(2)6(3,4)9-7-8-5;7-5-3-1-2-4-6(5)8/h5-8H,14H2,1-4H3;1-4H3;1-4H,8H2. The Hall–Kier alpha value is -1.51. The second-order valence-corrected chi connectivity index (χ2v) is 10.9. The van der Waals surface area contributed by atoms with Crippen LogP contribution in [-0.2, 0) is 18.6 Å². The average molecular weight is 518 g/mol. The molecule has 4 N–H and O–H groups in total. The number of anilines is 2. The van der Waals surface area contributed by atoms with Gasteiger partial charge in [0, 0.05) is 21.3 Å². The quantitative estimate of drug-likeness (QED) is 0.420. The van der Waals surface area contributed by atoms with Crippen molar-refractivity contribution in [1.82, 2.24) is 0 Å². The Bertz CT molecular complexity index is 887. The minimum atomic E-state index is -0.369. The van der Waals surface area contributed by atoms with E-state index in [4.69, 9.17) is 30.1 Å². The van der Waals surface area contributed by atoms with Gasteiger partial charge >= 0.3 is 14.8 Å². The SMILES string of the molecule is CC1(C)OB(c2ccccc2N)OC1(C)C.CC1(C)O[B]OC1(C)C.Nc1ccccc1Br. The number of para-hydroxylation sites is 2. The minimum Gasteiger partial charge on any atom is -0.405 e. The van der Waals surface area contributed by atoms with Crippen molar-refractivity contribution in [3.63, 3.8) is 0 Å². The van der Waals surface area contributed by atoms with Crippen molar-refractivity contribution in [1.29, 1.82) is 0 Å². The van der Waals surface area contributed by atoms with Gasteiger partial charge in [0.05, 0.1) is 22.4 Å². The maximum absolute atomic E-state index is 5.93. The molecule has 0 bridgehead atoms. The van der Waals surface area contributed by atoms with Gasteiger partial charge in [-0.1, -0.05) is 30.3 Å². The molecule has 1 radical (unpaired) electrons. The van der Waals surface area contributed by atoms with Crippen LogP contribution in [0.15, 0.2) is 53.0 Å². The van der Waals surface area contributed by atoms with Crippen molar-refractivity contribution in [3.05, 3.63) is 53.0 Å². The van der Waals surface area contributed by atoms with E-state index in [1.165, 1.54) is 7.69 Å². The Labute approximate surface area is 208 Å². The van der Waals surface area contributed by atoms with Crippen LogP contribution < -0.4 is 16.9 Å². The van der Waals surface area contributed by atoms with Crippen LogP contribution >= 0.6 is 15.9 Å². The van der Waals surface area contributed by atoms with Gasteiger partial charge < -0.3 is 30.1 Å². The van der Waals surface area contributed by atoms with Crippen LogP contribution in [0.5, 0.6) is 0 Å². The van der Waals surface area contributed by atoms with Crippen molar-refractivity contribution in [2.24, 2.45) is 0 Å². The lowest BCUT2D eigenvalue weighted by Gasteiger charge is -2.32. The third-order valence-corrected chi connectivity index (χ3v) is 7.27. The molecule has 0 atom stereocenters. The molecule has 0 aromatic heterocycles. The van der Waals surface area contributed by atoms with Crippen LogP contribution in [-0.4, -0.2) is 37.2 Å². The molecule has 6 nitrogen and oxygen atoms in total. The van der Waals surface area contributed by atoms with E-state index in [2.05, 4.69) is 15.9 Å². The molecule has 2 aromatic rings. The van der Waals surface area contributed by atoms with Gasteiger partial charge in [0.25, 0.3) is 0 Å². The smallest absolute Gasteiger partial charge is 0.405 e. The number of hydrogen-bond acceptors (Lipinski definition) is 6. The Morgan fingerprint density at radius 2 is 1.09 bits per heavy atom. The fourth-order valence-electron chi connectivity index (χ4n) is 2.72. The molecule has 2 aliphatic rings. The van der Waals surface area contributed by atoms with E-state index >= 15 is 0 Å². The average Bonchev–Trinajstić information content (AvgIpc) is 3.07. The normalized spacial score (nSPS) is 21.2. The maximum atomic E-state index is 5.93. The molecule has 0 amide bonds. The minimum absolute atomic E-state index is 0.187. The van der Waals surface area contributed by atoms with Gasteiger partial charge in [0.1, 0.15) is 0 Å². The summed E-state index contributed by atoms with van der Waals surface area (Å²) in [5.41, 5.74) is 12.8. The molecule has 179 valence electrons. The molecular formula is C24H36B2BrN2O4. The first-order valence-corrected chi connectivity index (χ1v) is 11.8. The summed E-state index contributed by atoms with van der Waals surface area (Å²) in [6.45, 7) is 16.2. The highest BCUT2D eigenvalue weighted by atomic mass is 79.9. The Kier molecular flexibility index (Phi) is 8.74. The predicted molar refractivity (Wildman–Crippen MR) is 141 cm³/mol. The molecule has 0 aliphatic carbocycles. The Balaban J connectivity index is 0.000000192. The Morgan fingerprint density at radius 1 is 0.667 bits per heavy atom. The van der Waals surface area contributed by atoms with Crippen LogP contribution in [0.2, 0.25) is 0 Å². The number of nitrogen functional groups attached to an aromatic ring is 2. The largest absolute Gasteiger partial charge is 0.496 e. The molecule has 2 heterocycles. The molecule has 2 aliphatic heterocycles. The van der Waals surface area contributed by atoms with Gasteiger partial charge in [-0.15, -0.1) is 0 Å². The topological polar surface area (TPSA) is 89.0 Å². The summed E-state index contributed by atoms with van der Waals surface area (Å²) in [6, 6.07) is 15.2. The molecule has 33 heavy (non-hydrogen) atoms. The van der Waals surface area contributed by atoms with Crippen molar-refractivity contribution in [2.75, 3.05) is 11.5 Å². The van der Waals surface area contributed by atoms with Crippen LogP contribution in [0.3, 0.4) is 0 Å². The molecule has 2 saturated heterocycles. The fourth-order valence-corrected chi connectivity index (χ4v) is 3.00.